The molecule has 150 valence electrons. The van der Waals surface area contributed by atoms with Crippen LogP contribution >= 0.6 is 0 Å². The molecule has 1 saturated heterocycles. The molecular weight excluding hydrogens is 362 g/mol. The number of carbonyl (C=O) groups excluding carboxylic acids is 1. The Balaban J connectivity index is 1.88. The van der Waals surface area contributed by atoms with Crippen molar-refractivity contribution in [3.8, 4) is 11.5 Å². The highest BCUT2D eigenvalue weighted by molar-refractivity contribution is 6.07. The highest BCUT2D eigenvalue weighted by Crippen LogP contribution is 2.32. The lowest BCUT2D eigenvalue weighted by Crippen LogP contribution is -2.37. The second-order valence-electron chi connectivity index (χ2n) is 6.40. The number of ether oxygens (including phenoxy) is 3. The summed E-state index contributed by atoms with van der Waals surface area (Å²) in [5.41, 5.74) is 0.876. The quantitative estimate of drug-likeness (QED) is 0.800. The fourth-order valence-electron chi connectivity index (χ4n) is 2.96. The number of hydrogen-bond acceptors (Lipinski definition) is 8. The van der Waals surface area contributed by atoms with Crippen LogP contribution in [0, 0.1) is 0 Å². The first-order chi connectivity index (χ1) is 13.5. The van der Waals surface area contributed by atoms with Crippen LogP contribution in [0.2, 0.25) is 0 Å². The molecule has 1 fully saturated rings. The average molecular weight is 387 g/mol. The third kappa shape index (κ3) is 4.09. The van der Waals surface area contributed by atoms with E-state index in [4.69, 9.17) is 14.2 Å². The predicted molar refractivity (Wildman–Crippen MR) is 107 cm³/mol. The van der Waals surface area contributed by atoms with Crippen molar-refractivity contribution in [2.45, 2.75) is 0 Å². The summed E-state index contributed by atoms with van der Waals surface area (Å²) in [5.74, 6) is 1.76. The van der Waals surface area contributed by atoms with Gasteiger partial charge >= 0.3 is 0 Å². The van der Waals surface area contributed by atoms with E-state index in [1.54, 1.807) is 24.4 Å². The molecule has 1 N–H and O–H groups in total. The van der Waals surface area contributed by atoms with Crippen LogP contribution in [0.25, 0.3) is 0 Å². The summed E-state index contributed by atoms with van der Waals surface area (Å²) in [6, 6.07) is 5.15. The molecule has 1 aliphatic rings. The first-order valence-electron chi connectivity index (χ1n) is 8.94. The van der Waals surface area contributed by atoms with Crippen molar-refractivity contribution >= 4 is 23.4 Å². The van der Waals surface area contributed by atoms with Crippen molar-refractivity contribution in [3.63, 3.8) is 0 Å². The summed E-state index contributed by atoms with van der Waals surface area (Å²) in [5, 5.41) is 2.88. The van der Waals surface area contributed by atoms with Crippen LogP contribution in [-0.2, 0) is 4.74 Å². The molecule has 9 heteroatoms. The maximum absolute atomic E-state index is 12.9. The van der Waals surface area contributed by atoms with Gasteiger partial charge in [-0.2, -0.15) is 4.98 Å². The summed E-state index contributed by atoms with van der Waals surface area (Å²) < 4.78 is 16.0. The summed E-state index contributed by atoms with van der Waals surface area (Å²) in [4.78, 5) is 25.8. The van der Waals surface area contributed by atoms with Gasteiger partial charge in [0.2, 0.25) is 5.95 Å². The second-order valence-corrected chi connectivity index (χ2v) is 6.40. The highest BCUT2D eigenvalue weighted by Gasteiger charge is 2.21. The lowest BCUT2D eigenvalue weighted by molar-refractivity contribution is 0.102. The van der Waals surface area contributed by atoms with Gasteiger partial charge < -0.3 is 29.3 Å². The van der Waals surface area contributed by atoms with Gasteiger partial charge in [0.25, 0.3) is 5.91 Å². The standard InChI is InChI=1S/C19H25N5O4/c1-23(2)17-14(12-20-19(22-17)24-8-10-28-11-9-24)21-18(25)13-6-5-7-15(26-3)16(13)27-4/h5-7,12H,8-11H2,1-4H3,(H,21,25). The van der Waals surface area contributed by atoms with E-state index in [0.29, 0.717) is 47.7 Å². The number of rotatable bonds is 6. The molecular formula is C19H25N5O4. The van der Waals surface area contributed by atoms with Gasteiger partial charge in [0.05, 0.1) is 39.2 Å². The molecule has 0 saturated carbocycles. The Hall–Kier alpha value is -3.07. The molecule has 28 heavy (non-hydrogen) atoms. The van der Waals surface area contributed by atoms with Gasteiger partial charge in [0.1, 0.15) is 5.69 Å². The van der Waals surface area contributed by atoms with E-state index in [9.17, 15) is 4.79 Å². The van der Waals surface area contributed by atoms with Crippen molar-refractivity contribution < 1.29 is 19.0 Å². The zero-order valence-electron chi connectivity index (χ0n) is 16.6. The van der Waals surface area contributed by atoms with Gasteiger partial charge in [0, 0.05) is 27.2 Å². The Labute approximate surface area is 164 Å². The molecule has 1 aromatic heterocycles. The van der Waals surface area contributed by atoms with Crippen molar-refractivity contribution in [3.05, 3.63) is 30.0 Å². The topological polar surface area (TPSA) is 89.0 Å². The highest BCUT2D eigenvalue weighted by atomic mass is 16.5. The zero-order chi connectivity index (χ0) is 20.1. The molecule has 0 radical (unpaired) electrons. The Morgan fingerprint density at radius 2 is 1.96 bits per heavy atom. The van der Waals surface area contributed by atoms with Crippen molar-refractivity contribution in [2.75, 3.05) is 69.7 Å². The van der Waals surface area contributed by atoms with Gasteiger partial charge in [-0.25, -0.2) is 4.98 Å². The van der Waals surface area contributed by atoms with Gasteiger partial charge in [-0.15, -0.1) is 0 Å². The Bertz CT molecular complexity index is 837. The first kappa shape index (κ1) is 19.7. The Morgan fingerprint density at radius 1 is 1.21 bits per heavy atom. The van der Waals surface area contributed by atoms with Crippen LogP contribution in [0.5, 0.6) is 11.5 Å². The van der Waals surface area contributed by atoms with E-state index >= 15 is 0 Å². The molecule has 0 spiro atoms. The van der Waals surface area contributed by atoms with Crippen LogP contribution in [0.3, 0.4) is 0 Å². The molecule has 1 aromatic carbocycles. The fraction of sp³-hybridized carbons (Fsp3) is 0.421. The lowest BCUT2D eigenvalue weighted by Gasteiger charge is -2.28. The molecule has 0 aliphatic carbocycles. The molecule has 0 atom stereocenters. The maximum Gasteiger partial charge on any atom is 0.259 e. The SMILES string of the molecule is COc1cccc(C(=O)Nc2cnc(N3CCOCC3)nc2N(C)C)c1OC. The summed E-state index contributed by atoms with van der Waals surface area (Å²) in [6.07, 6.45) is 1.62. The van der Waals surface area contributed by atoms with Crippen LogP contribution in [0.15, 0.2) is 24.4 Å². The number of nitrogens with one attached hydrogen (secondary N) is 1. The van der Waals surface area contributed by atoms with Crippen LogP contribution in [-0.4, -0.2) is 70.5 Å². The van der Waals surface area contributed by atoms with E-state index in [1.165, 1.54) is 14.2 Å². The minimum Gasteiger partial charge on any atom is -0.493 e. The van der Waals surface area contributed by atoms with E-state index < -0.39 is 0 Å². The molecule has 2 heterocycles. The van der Waals surface area contributed by atoms with Crippen LogP contribution in [0.4, 0.5) is 17.5 Å². The van der Waals surface area contributed by atoms with Crippen LogP contribution < -0.4 is 24.6 Å². The minimum atomic E-state index is -0.332. The number of nitrogens with zero attached hydrogens (tertiary/aromatic N) is 4. The summed E-state index contributed by atoms with van der Waals surface area (Å²) >= 11 is 0. The number of carbonyl (C=O) groups is 1. The molecule has 0 bridgehead atoms. The molecule has 3 rings (SSSR count). The molecule has 9 nitrogen and oxygen atoms in total. The number of anilines is 3. The van der Waals surface area contributed by atoms with E-state index in [0.717, 1.165) is 13.1 Å². The fourth-order valence-corrected chi connectivity index (χ4v) is 2.96. The molecule has 2 aromatic rings. The summed E-state index contributed by atoms with van der Waals surface area (Å²) in [7, 11) is 6.77. The third-order valence-electron chi connectivity index (χ3n) is 4.37. The number of hydrogen-bond donors (Lipinski definition) is 1. The molecule has 1 aliphatic heterocycles. The minimum absolute atomic E-state index is 0.332. The number of para-hydroxylation sites is 1. The number of benzene rings is 1. The van der Waals surface area contributed by atoms with E-state index in [2.05, 4.69) is 20.2 Å². The van der Waals surface area contributed by atoms with E-state index in [-0.39, 0.29) is 5.91 Å². The normalized spacial score (nSPS) is 13.8. The summed E-state index contributed by atoms with van der Waals surface area (Å²) in [6.45, 7) is 2.77. The van der Waals surface area contributed by atoms with Gasteiger partial charge in [-0.05, 0) is 12.1 Å². The first-order valence-corrected chi connectivity index (χ1v) is 8.94. The van der Waals surface area contributed by atoms with Crippen molar-refractivity contribution in [1.29, 1.82) is 0 Å². The lowest BCUT2D eigenvalue weighted by atomic mass is 10.1. The van der Waals surface area contributed by atoms with Gasteiger partial charge in [-0.1, -0.05) is 6.07 Å². The predicted octanol–water partition coefficient (Wildman–Crippen LogP) is 1.65. The van der Waals surface area contributed by atoms with E-state index in [1.807, 2.05) is 19.0 Å². The number of aromatic nitrogens is 2. The molecule has 1 amide bonds. The largest absolute Gasteiger partial charge is 0.493 e. The second kappa shape index (κ2) is 8.75. The van der Waals surface area contributed by atoms with Gasteiger partial charge in [0.15, 0.2) is 17.3 Å². The monoisotopic (exact) mass is 387 g/mol. The van der Waals surface area contributed by atoms with Gasteiger partial charge in [-0.3, -0.25) is 4.79 Å². The Morgan fingerprint density at radius 3 is 2.61 bits per heavy atom. The number of amides is 1. The number of methoxy groups -OCH3 is 2. The smallest absolute Gasteiger partial charge is 0.259 e. The average Bonchev–Trinajstić information content (AvgIpc) is 2.73. The Kier molecular flexibility index (Phi) is 6.15. The third-order valence-corrected chi connectivity index (χ3v) is 4.37. The maximum atomic E-state index is 12.9. The van der Waals surface area contributed by atoms with Crippen LogP contribution in [0.1, 0.15) is 10.4 Å². The van der Waals surface area contributed by atoms with Crippen molar-refractivity contribution in [1.82, 2.24) is 9.97 Å². The molecule has 0 unspecified atom stereocenters. The number of morpholine rings is 1. The van der Waals surface area contributed by atoms with Crippen molar-refractivity contribution in [2.24, 2.45) is 0 Å². The zero-order valence-corrected chi connectivity index (χ0v) is 16.6.